The summed E-state index contributed by atoms with van der Waals surface area (Å²) in [6.07, 6.45) is 1.51. The lowest BCUT2D eigenvalue weighted by atomic mass is 10.1. The zero-order valence-electron chi connectivity index (χ0n) is 5.99. The lowest BCUT2D eigenvalue weighted by molar-refractivity contribution is -0.250. The Hall–Kier alpha value is -0.160. The van der Waals surface area contributed by atoms with Crippen molar-refractivity contribution in [1.82, 2.24) is 0 Å². The van der Waals surface area contributed by atoms with Gasteiger partial charge >= 0.3 is 0 Å². The summed E-state index contributed by atoms with van der Waals surface area (Å²) in [4.78, 5) is 3.93. The van der Waals surface area contributed by atoms with Crippen LogP contribution in [0.15, 0.2) is 0 Å². The second kappa shape index (κ2) is 6.95. The predicted molar refractivity (Wildman–Crippen MR) is 37.4 cm³/mol. The second-order valence-electron chi connectivity index (χ2n) is 2.26. The molecule has 0 saturated heterocycles. The molecular formula is C6H15NO3. The van der Waals surface area contributed by atoms with Gasteiger partial charge in [-0.25, -0.2) is 4.89 Å². The van der Waals surface area contributed by atoms with Crippen LogP contribution in [0.2, 0.25) is 0 Å². The number of hydrogen-bond donors (Lipinski definition) is 3. The van der Waals surface area contributed by atoms with Gasteiger partial charge in [-0.1, -0.05) is 0 Å². The molecule has 0 rings (SSSR count). The molecule has 0 amide bonds. The third kappa shape index (κ3) is 4.69. The Morgan fingerprint density at radius 1 is 1.50 bits per heavy atom. The highest BCUT2D eigenvalue weighted by Crippen LogP contribution is 2.03. The first kappa shape index (κ1) is 9.84. The molecule has 4 N–H and O–H groups in total. The summed E-state index contributed by atoms with van der Waals surface area (Å²) in [5.41, 5.74) is 5.33. The van der Waals surface area contributed by atoms with Crippen LogP contribution in [0.3, 0.4) is 0 Å². The van der Waals surface area contributed by atoms with Crippen molar-refractivity contribution < 1.29 is 15.3 Å². The maximum Gasteiger partial charge on any atom is 0.0859 e. The highest BCUT2D eigenvalue weighted by atomic mass is 17.1. The minimum Gasteiger partial charge on any atom is -0.396 e. The fourth-order valence-electron chi connectivity index (χ4n) is 0.755. The summed E-state index contributed by atoms with van der Waals surface area (Å²) in [7, 11) is 0. The lowest BCUT2D eigenvalue weighted by Gasteiger charge is -2.10. The molecule has 1 unspecified atom stereocenters. The van der Waals surface area contributed by atoms with E-state index >= 15 is 0 Å². The average Bonchev–Trinajstić information content (AvgIpc) is 1.98. The molecule has 0 aromatic rings. The topological polar surface area (TPSA) is 75.7 Å². The van der Waals surface area contributed by atoms with Gasteiger partial charge in [0, 0.05) is 6.61 Å². The normalized spacial score (nSPS) is 13.5. The molecule has 0 fully saturated rings. The van der Waals surface area contributed by atoms with Crippen molar-refractivity contribution in [2.45, 2.75) is 12.8 Å². The Bertz CT molecular complexity index is 70.0. The van der Waals surface area contributed by atoms with Crippen LogP contribution in [0.5, 0.6) is 0 Å². The fourth-order valence-corrected chi connectivity index (χ4v) is 0.755. The molecule has 62 valence electrons. The van der Waals surface area contributed by atoms with E-state index in [0.717, 1.165) is 6.42 Å². The van der Waals surface area contributed by atoms with Crippen LogP contribution in [0.4, 0.5) is 0 Å². The first-order valence-electron chi connectivity index (χ1n) is 3.42. The SMILES string of the molecule is NCC(CCCO)COO. The largest absolute Gasteiger partial charge is 0.396 e. The van der Waals surface area contributed by atoms with Gasteiger partial charge in [-0.2, -0.15) is 0 Å². The number of nitrogens with two attached hydrogens (primary N) is 1. The average molecular weight is 149 g/mol. The quantitative estimate of drug-likeness (QED) is 0.362. The van der Waals surface area contributed by atoms with Crippen molar-refractivity contribution in [3.05, 3.63) is 0 Å². The Morgan fingerprint density at radius 2 is 2.20 bits per heavy atom. The third-order valence-electron chi connectivity index (χ3n) is 1.41. The maximum atomic E-state index is 8.43. The Morgan fingerprint density at radius 3 is 2.60 bits per heavy atom. The van der Waals surface area contributed by atoms with Gasteiger partial charge in [-0.3, -0.25) is 5.26 Å². The van der Waals surface area contributed by atoms with Crippen molar-refractivity contribution in [3.63, 3.8) is 0 Å². The van der Waals surface area contributed by atoms with E-state index in [4.69, 9.17) is 16.1 Å². The van der Waals surface area contributed by atoms with E-state index in [9.17, 15) is 0 Å². The predicted octanol–water partition coefficient (Wildman–Crippen LogP) is -0.177. The summed E-state index contributed by atoms with van der Waals surface area (Å²) in [5, 5.41) is 16.5. The number of aliphatic hydroxyl groups excluding tert-OH is 1. The monoisotopic (exact) mass is 149 g/mol. The molecule has 4 heteroatoms. The minimum atomic E-state index is 0.164. The van der Waals surface area contributed by atoms with Crippen molar-refractivity contribution >= 4 is 0 Å². The van der Waals surface area contributed by atoms with Crippen LogP contribution in [0.1, 0.15) is 12.8 Å². The van der Waals surface area contributed by atoms with E-state index < -0.39 is 0 Å². The zero-order chi connectivity index (χ0) is 7.82. The first-order chi connectivity index (χ1) is 4.85. The number of hydrogen-bond acceptors (Lipinski definition) is 4. The lowest BCUT2D eigenvalue weighted by Crippen LogP contribution is -2.19. The maximum absolute atomic E-state index is 8.43. The third-order valence-corrected chi connectivity index (χ3v) is 1.41. The summed E-state index contributed by atoms with van der Waals surface area (Å²) in [5.74, 6) is 0.164. The number of aliphatic hydroxyl groups is 1. The van der Waals surface area contributed by atoms with Gasteiger partial charge < -0.3 is 10.8 Å². The zero-order valence-corrected chi connectivity index (χ0v) is 5.99. The number of rotatable bonds is 6. The van der Waals surface area contributed by atoms with Crippen molar-refractivity contribution in [3.8, 4) is 0 Å². The van der Waals surface area contributed by atoms with Gasteiger partial charge in [0.25, 0.3) is 0 Å². The summed E-state index contributed by atoms with van der Waals surface area (Å²) < 4.78 is 0. The Labute approximate surface area is 60.5 Å². The molecule has 0 saturated carbocycles. The molecule has 0 spiro atoms. The van der Waals surface area contributed by atoms with Crippen LogP contribution in [0.25, 0.3) is 0 Å². The van der Waals surface area contributed by atoms with E-state index in [-0.39, 0.29) is 19.1 Å². The second-order valence-corrected chi connectivity index (χ2v) is 2.26. The fraction of sp³-hybridized carbons (Fsp3) is 1.00. The molecule has 0 aliphatic rings. The molecule has 0 heterocycles. The first-order valence-corrected chi connectivity index (χ1v) is 3.42. The molecule has 0 radical (unpaired) electrons. The summed E-state index contributed by atoms with van der Waals surface area (Å²) in [6.45, 7) is 0.916. The standard InChI is InChI=1S/C6H15NO3/c7-4-6(5-10-9)2-1-3-8/h6,8-9H,1-5,7H2. The summed E-state index contributed by atoms with van der Waals surface area (Å²) in [6, 6.07) is 0. The summed E-state index contributed by atoms with van der Waals surface area (Å²) >= 11 is 0. The van der Waals surface area contributed by atoms with Gasteiger partial charge in [0.15, 0.2) is 0 Å². The van der Waals surface area contributed by atoms with Crippen molar-refractivity contribution in [2.24, 2.45) is 11.7 Å². The molecule has 0 aliphatic carbocycles. The molecule has 0 aliphatic heterocycles. The Balaban J connectivity index is 3.21. The molecular weight excluding hydrogens is 134 g/mol. The highest BCUT2D eigenvalue weighted by molar-refractivity contribution is 4.57. The molecule has 0 aromatic heterocycles. The molecule has 0 aromatic carbocycles. The van der Waals surface area contributed by atoms with Gasteiger partial charge in [-0.05, 0) is 25.3 Å². The van der Waals surface area contributed by atoms with Crippen LogP contribution < -0.4 is 5.73 Å². The molecule has 1 atom stereocenters. The highest BCUT2D eigenvalue weighted by Gasteiger charge is 2.05. The van der Waals surface area contributed by atoms with Crippen LogP contribution in [0, 0.1) is 5.92 Å². The van der Waals surface area contributed by atoms with E-state index in [1.54, 1.807) is 0 Å². The van der Waals surface area contributed by atoms with Gasteiger partial charge in [0.1, 0.15) is 0 Å². The van der Waals surface area contributed by atoms with Gasteiger partial charge in [-0.15, -0.1) is 0 Å². The van der Waals surface area contributed by atoms with E-state index in [0.29, 0.717) is 13.0 Å². The van der Waals surface area contributed by atoms with Crippen molar-refractivity contribution in [2.75, 3.05) is 19.8 Å². The van der Waals surface area contributed by atoms with Gasteiger partial charge in [0.05, 0.1) is 6.61 Å². The van der Waals surface area contributed by atoms with Crippen LogP contribution >= 0.6 is 0 Å². The van der Waals surface area contributed by atoms with Crippen LogP contribution in [-0.4, -0.2) is 30.1 Å². The smallest absolute Gasteiger partial charge is 0.0859 e. The van der Waals surface area contributed by atoms with E-state index in [1.807, 2.05) is 0 Å². The molecule has 0 bridgehead atoms. The minimum absolute atomic E-state index is 0.164. The Kier molecular flexibility index (Phi) is 6.84. The van der Waals surface area contributed by atoms with Crippen LogP contribution in [-0.2, 0) is 4.89 Å². The van der Waals surface area contributed by atoms with Crippen molar-refractivity contribution in [1.29, 1.82) is 0 Å². The van der Waals surface area contributed by atoms with E-state index in [1.165, 1.54) is 0 Å². The molecule has 10 heavy (non-hydrogen) atoms. The van der Waals surface area contributed by atoms with E-state index in [2.05, 4.69) is 4.89 Å². The van der Waals surface area contributed by atoms with Gasteiger partial charge in [0.2, 0.25) is 0 Å². The molecule has 4 nitrogen and oxygen atoms in total.